The van der Waals surface area contributed by atoms with Crippen molar-refractivity contribution >= 4 is 11.9 Å². The summed E-state index contributed by atoms with van der Waals surface area (Å²) in [6.45, 7) is 0. The second-order valence-corrected chi connectivity index (χ2v) is 5.97. The van der Waals surface area contributed by atoms with E-state index in [9.17, 15) is 19.8 Å². The zero-order chi connectivity index (χ0) is 21.7. The number of aromatic carboxylic acids is 2. The summed E-state index contributed by atoms with van der Waals surface area (Å²) >= 11 is 0. The fourth-order valence-corrected chi connectivity index (χ4v) is 2.60. The van der Waals surface area contributed by atoms with E-state index in [0.717, 1.165) is 12.1 Å². The molecule has 0 atom stereocenters. The summed E-state index contributed by atoms with van der Waals surface area (Å²) in [6.07, 6.45) is 0. The van der Waals surface area contributed by atoms with E-state index in [4.69, 9.17) is 18.9 Å². The van der Waals surface area contributed by atoms with Crippen LogP contribution in [0.1, 0.15) is 20.7 Å². The molecule has 0 saturated carbocycles. The zero-order valence-corrected chi connectivity index (χ0v) is 22.0. The fraction of sp³-hybridized carbons (Fsp3) is 0.0909. The molecule has 3 aromatic rings. The van der Waals surface area contributed by atoms with Crippen molar-refractivity contribution in [3.63, 3.8) is 0 Å². The van der Waals surface area contributed by atoms with E-state index in [1.165, 1.54) is 14.2 Å². The molecule has 0 aromatic heterocycles. The molecule has 0 bridgehead atoms. The van der Waals surface area contributed by atoms with Gasteiger partial charge in [-0.05, 0) is 60.7 Å². The summed E-state index contributed by atoms with van der Waals surface area (Å²) in [6, 6.07) is 15.0. The molecule has 0 spiro atoms. The Morgan fingerprint density at radius 1 is 0.594 bits per heavy atom. The van der Waals surface area contributed by atoms with Crippen molar-refractivity contribution in [1.29, 1.82) is 0 Å². The van der Waals surface area contributed by atoms with E-state index >= 15 is 0 Å². The molecular weight excluding hydrogens is 438 g/mol. The molecule has 3 rings (SSSR count). The molecule has 0 saturated heterocycles. The quantitative estimate of drug-likeness (QED) is 0.317. The second-order valence-electron chi connectivity index (χ2n) is 5.97. The van der Waals surface area contributed by atoms with Crippen molar-refractivity contribution in [2.24, 2.45) is 0 Å². The van der Waals surface area contributed by atoms with Crippen LogP contribution in [-0.4, -0.2) is 26.2 Å². The molecule has 0 aliphatic rings. The third kappa shape index (κ3) is 6.90. The maximum atomic E-state index is 11.4. The molecule has 0 aliphatic heterocycles. The molecule has 0 heterocycles. The van der Waals surface area contributed by atoms with Gasteiger partial charge < -0.3 is 38.7 Å². The van der Waals surface area contributed by atoms with Crippen LogP contribution < -0.4 is 88.3 Å². The number of carbonyl (C=O) groups is 2. The first-order valence-corrected chi connectivity index (χ1v) is 8.66. The van der Waals surface area contributed by atoms with Crippen LogP contribution >= 0.6 is 0 Å². The van der Waals surface area contributed by atoms with E-state index in [2.05, 4.69) is 0 Å². The van der Waals surface area contributed by atoms with Gasteiger partial charge in [-0.25, -0.2) is 0 Å². The van der Waals surface area contributed by atoms with Crippen LogP contribution in [0.25, 0.3) is 0 Å². The maximum Gasteiger partial charge on any atom is 1.00 e. The fourth-order valence-electron chi connectivity index (χ4n) is 2.60. The van der Waals surface area contributed by atoms with Crippen molar-refractivity contribution < 1.29 is 97.9 Å². The van der Waals surface area contributed by atoms with Crippen LogP contribution in [0.5, 0.6) is 34.5 Å². The number of benzene rings is 3. The van der Waals surface area contributed by atoms with Crippen LogP contribution in [0.3, 0.4) is 0 Å². The molecular formula is C22H16Na2O8. The number of rotatable bonds is 8. The Morgan fingerprint density at radius 3 is 1.12 bits per heavy atom. The number of carboxylic acid groups (broad SMARTS) is 2. The van der Waals surface area contributed by atoms with Crippen molar-refractivity contribution in [3.05, 3.63) is 71.8 Å². The minimum Gasteiger partial charge on any atom is -0.545 e. The Balaban J connectivity index is 0.00000256. The summed E-state index contributed by atoms with van der Waals surface area (Å²) in [5.74, 6) is -1.55. The molecule has 32 heavy (non-hydrogen) atoms. The summed E-state index contributed by atoms with van der Waals surface area (Å²) in [4.78, 5) is 22.9. The van der Waals surface area contributed by atoms with Crippen molar-refractivity contribution in [3.8, 4) is 34.5 Å². The van der Waals surface area contributed by atoms with Gasteiger partial charge in [0, 0.05) is 11.1 Å². The number of ether oxygens (including phenoxy) is 4. The first kappa shape index (κ1) is 27.8. The van der Waals surface area contributed by atoms with Gasteiger partial charge >= 0.3 is 59.1 Å². The number of methoxy groups -OCH3 is 2. The first-order chi connectivity index (χ1) is 14.4. The average Bonchev–Trinajstić information content (AvgIpc) is 2.75. The molecule has 8 nitrogen and oxygen atoms in total. The van der Waals surface area contributed by atoms with Crippen LogP contribution in [0.15, 0.2) is 60.7 Å². The SMILES string of the molecule is COc1ccc(Oc2cc(C(=O)[O-])c(C(=O)[O-])cc2Oc2ccc(OC)cc2)cc1.[Na+].[Na+]. The normalized spacial score (nSPS) is 9.56. The first-order valence-electron chi connectivity index (χ1n) is 8.66. The van der Waals surface area contributed by atoms with Crippen LogP contribution in [0.4, 0.5) is 0 Å². The van der Waals surface area contributed by atoms with Gasteiger partial charge in [-0.1, -0.05) is 0 Å². The van der Waals surface area contributed by atoms with E-state index < -0.39 is 23.1 Å². The average molecular weight is 454 g/mol. The largest absolute Gasteiger partial charge is 1.00 e. The predicted octanol–water partition coefficient (Wildman–Crippen LogP) is -3.98. The Kier molecular flexibility index (Phi) is 11.1. The van der Waals surface area contributed by atoms with Gasteiger partial charge in [-0.15, -0.1) is 0 Å². The van der Waals surface area contributed by atoms with Crippen molar-refractivity contribution in [1.82, 2.24) is 0 Å². The molecule has 0 aliphatic carbocycles. The van der Waals surface area contributed by atoms with E-state index in [1.54, 1.807) is 48.5 Å². The van der Waals surface area contributed by atoms with Gasteiger partial charge in [-0.3, -0.25) is 0 Å². The molecule has 0 amide bonds. The molecule has 0 radical (unpaired) electrons. The summed E-state index contributed by atoms with van der Waals surface area (Å²) < 4.78 is 21.7. The van der Waals surface area contributed by atoms with Crippen LogP contribution in [0.2, 0.25) is 0 Å². The number of hydrogen-bond acceptors (Lipinski definition) is 8. The number of carbonyl (C=O) groups excluding carboxylic acids is 2. The Hall–Kier alpha value is -2.20. The third-order valence-corrected chi connectivity index (χ3v) is 4.10. The van der Waals surface area contributed by atoms with E-state index in [1.807, 2.05) is 0 Å². The van der Waals surface area contributed by atoms with E-state index in [0.29, 0.717) is 23.0 Å². The van der Waals surface area contributed by atoms with Gasteiger partial charge in [0.25, 0.3) is 0 Å². The Bertz CT molecular complexity index is 980. The number of hydrogen-bond donors (Lipinski definition) is 0. The Morgan fingerprint density at radius 2 is 0.875 bits per heavy atom. The van der Waals surface area contributed by atoms with E-state index in [-0.39, 0.29) is 70.6 Å². The third-order valence-electron chi connectivity index (χ3n) is 4.10. The van der Waals surface area contributed by atoms with Gasteiger partial charge in [0.2, 0.25) is 0 Å². The smallest absolute Gasteiger partial charge is 0.545 e. The number of carboxylic acids is 2. The van der Waals surface area contributed by atoms with Gasteiger partial charge in [0.1, 0.15) is 23.0 Å². The summed E-state index contributed by atoms with van der Waals surface area (Å²) in [5.41, 5.74) is -1.19. The van der Waals surface area contributed by atoms with Gasteiger partial charge in [0.15, 0.2) is 11.5 Å². The zero-order valence-electron chi connectivity index (χ0n) is 18.0. The van der Waals surface area contributed by atoms with Gasteiger partial charge in [0.05, 0.1) is 26.2 Å². The predicted molar refractivity (Wildman–Crippen MR) is 101 cm³/mol. The standard InChI is InChI=1S/C22H18O8.2Na/c1-27-13-3-7-15(8-4-13)29-19-11-17(21(23)24)18(22(25)26)12-20(19)30-16-9-5-14(28-2)6-10-16;;/h3-12H,1-2H3,(H,23,24)(H,25,26);;/q;2*+1/p-2. The topological polar surface area (TPSA) is 117 Å². The minimum atomic E-state index is -1.69. The minimum absolute atomic E-state index is 0. The second kappa shape index (κ2) is 12.7. The summed E-state index contributed by atoms with van der Waals surface area (Å²) in [5, 5.41) is 22.9. The molecule has 10 heteroatoms. The molecule has 0 N–H and O–H groups in total. The molecule has 0 fully saturated rings. The van der Waals surface area contributed by atoms with Crippen molar-refractivity contribution in [2.45, 2.75) is 0 Å². The van der Waals surface area contributed by atoms with Crippen LogP contribution in [-0.2, 0) is 0 Å². The molecule has 154 valence electrons. The Labute approximate surface area is 228 Å². The van der Waals surface area contributed by atoms with Crippen molar-refractivity contribution in [2.75, 3.05) is 14.2 Å². The molecule has 3 aromatic carbocycles. The maximum absolute atomic E-state index is 11.4. The van der Waals surface area contributed by atoms with Gasteiger partial charge in [-0.2, -0.15) is 0 Å². The summed E-state index contributed by atoms with van der Waals surface area (Å²) in [7, 11) is 3.03. The monoisotopic (exact) mass is 454 g/mol. The van der Waals surface area contributed by atoms with Crippen LogP contribution in [0, 0.1) is 0 Å². The molecule has 0 unspecified atom stereocenters.